The molecule has 2 aromatic carbocycles. The molecule has 3 aliphatic rings. The third-order valence-electron chi connectivity index (χ3n) is 10.7. The van der Waals surface area contributed by atoms with Gasteiger partial charge in [0.05, 0.1) is 16.1 Å². The maximum absolute atomic E-state index is 14.5. The summed E-state index contributed by atoms with van der Waals surface area (Å²) in [5, 5.41) is 0.731. The van der Waals surface area contributed by atoms with Crippen molar-refractivity contribution in [3.05, 3.63) is 48.7 Å². The molecule has 0 aliphatic carbocycles. The van der Waals surface area contributed by atoms with Gasteiger partial charge in [0, 0.05) is 69.0 Å². The van der Waals surface area contributed by atoms with Gasteiger partial charge >= 0.3 is 0 Å². The lowest BCUT2D eigenvalue weighted by atomic mass is 9.83. The SMILES string of the molecule is CN1CCN(C2CCN(C3CCN(c4c(S(=O)(=O)c5ccc(OC(C)(C)CC(C)(C)C)cc5)cnc5ccc([S+](C)[O-])cc45)CC3)CC2)CC1. The molecule has 1 unspecified atom stereocenters. The van der Waals surface area contributed by atoms with Crippen LogP contribution in [0.3, 0.4) is 0 Å². The quantitative estimate of drug-likeness (QED) is 0.244. The summed E-state index contributed by atoms with van der Waals surface area (Å²) in [6.07, 6.45) is 8.40. The molecular weight excluding hydrogens is 667 g/mol. The van der Waals surface area contributed by atoms with Crippen molar-refractivity contribution in [2.75, 3.05) is 70.6 Å². The molecule has 3 aliphatic heterocycles. The van der Waals surface area contributed by atoms with Crippen molar-refractivity contribution in [2.45, 2.75) is 99.1 Å². The first kappa shape index (κ1) is 37.4. The minimum atomic E-state index is -3.94. The van der Waals surface area contributed by atoms with Crippen molar-refractivity contribution in [3.8, 4) is 5.75 Å². The van der Waals surface area contributed by atoms with E-state index in [4.69, 9.17) is 4.74 Å². The zero-order valence-electron chi connectivity index (χ0n) is 31.2. The summed E-state index contributed by atoms with van der Waals surface area (Å²) in [6, 6.07) is 13.5. The Morgan fingerprint density at radius 1 is 0.840 bits per heavy atom. The third kappa shape index (κ3) is 8.61. The van der Waals surface area contributed by atoms with Crippen LogP contribution in [-0.4, -0.2) is 116 Å². The van der Waals surface area contributed by atoms with Crippen LogP contribution in [0.5, 0.6) is 5.75 Å². The van der Waals surface area contributed by atoms with Gasteiger partial charge in [-0.1, -0.05) is 20.8 Å². The zero-order chi connectivity index (χ0) is 35.8. The number of likely N-dealkylation sites (N-methyl/N-ethyl adjacent to an activating group) is 1. The summed E-state index contributed by atoms with van der Waals surface area (Å²) >= 11 is -1.22. The summed E-state index contributed by atoms with van der Waals surface area (Å²) in [7, 11) is -1.73. The van der Waals surface area contributed by atoms with E-state index in [9.17, 15) is 13.0 Å². The van der Waals surface area contributed by atoms with Gasteiger partial charge in [0.2, 0.25) is 9.84 Å². The number of rotatable bonds is 9. The minimum absolute atomic E-state index is 0.0897. The van der Waals surface area contributed by atoms with Gasteiger partial charge in [0.15, 0.2) is 4.90 Å². The van der Waals surface area contributed by atoms with E-state index < -0.39 is 26.6 Å². The van der Waals surface area contributed by atoms with Crippen molar-refractivity contribution in [2.24, 2.45) is 5.41 Å². The van der Waals surface area contributed by atoms with Crippen molar-refractivity contribution in [1.82, 2.24) is 19.7 Å². The number of hydrogen-bond acceptors (Lipinski definition) is 9. The molecule has 0 N–H and O–H groups in total. The first-order chi connectivity index (χ1) is 23.6. The van der Waals surface area contributed by atoms with E-state index in [1.165, 1.54) is 32.1 Å². The number of piperazine rings is 1. The Morgan fingerprint density at radius 3 is 2.00 bits per heavy atom. The second-order valence-electron chi connectivity index (χ2n) is 16.5. The van der Waals surface area contributed by atoms with E-state index >= 15 is 0 Å². The molecule has 11 heteroatoms. The maximum Gasteiger partial charge on any atom is 0.210 e. The van der Waals surface area contributed by atoms with E-state index in [-0.39, 0.29) is 15.2 Å². The van der Waals surface area contributed by atoms with Gasteiger partial charge in [-0.25, -0.2) is 8.42 Å². The lowest BCUT2D eigenvalue weighted by Crippen LogP contribution is -2.54. The summed E-state index contributed by atoms with van der Waals surface area (Å²) < 4.78 is 47.8. The molecule has 0 saturated carbocycles. The number of fused-ring (bicyclic) bond motifs is 1. The molecule has 1 atom stereocenters. The molecule has 0 amide bonds. The van der Waals surface area contributed by atoms with E-state index in [2.05, 4.69) is 66.2 Å². The smallest absolute Gasteiger partial charge is 0.210 e. The molecular formula is C39H57N5O4S2. The van der Waals surface area contributed by atoms with E-state index in [0.29, 0.717) is 33.9 Å². The Kier molecular flexibility index (Phi) is 11.1. The number of ether oxygens (including phenoxy) is 1. The minimum Gasteiger partial charge on any atom is -0.612 e. The van der Waals surface area contributed by atoms with Crippen LogP contribution in [0.1, 0.15) is 66.7 Å². The fourth-order valence-corrected chi connectivity index (χ4v) is 10.5. The fourth-order valence-electron chi connectivity index (χ4n) is 8.54. The van der Waals surface area contributed by atoms with E-state index in [1.54, 1.807) is 30.5 Å². The van der Waals surface area contributed by atoms with Gasteiger partial charge in [-0.15, -0.1) is 0 Å². The molecule has 9 nitrogen and oxygen atoms in total. The summed E-state index contributed by atoms with van der Waals surface area (Å²) in [4.78, 5) is 15.7. The van der Waals surface area contributed by atoms with Gasteiger partial charge in [0.25, 0.3) is 0 Å². The molecule has 3 saturated heterocycles. The largest absolute Gasteiger partial charge is 0.612 e. The number of sulfone groups is 1. The predicted molar refractivity (Wildman–Crippen MR) is 204 cm³/mol. The third-order valence-corrected chi connectivity index (χ3v) is 13.4. The number of piperidine rings is 2. The molecule has 274 valence electrons. The first-order valence-corrected chi connectivity index (χ1v) is 21.4. The van der Waals surface area contributed by atoms with Crippen LogP contribution in [0, 0.1) is 5.41 Å². The average Bonchev–Trinajstić information content (AvgIpc) is 3.07. The highest BCUT2D eigenvalue weighted by Crippen LogP contribution is 2.39. The Balaban J connectivity index is 1.22. The van der Waals surface area contributed by atoms with Crippen LogP contribution in [0.15, 0.2) is 63.3 Å². The lowest BCUT2D eigenvalue weighted by Gasteiger charge is -2.46. The topological polar surface area (TPSA) is 92.3 Å². The fraction of sp³-hybridized carbons (Fsp3) is 0.615. The molecule has 4 heterocycles. The number of likely N-dealkylation sites (tertiary alicyclic amines) is 1. The summed E-state index contributed by atoms with van der Waals surface area (Å²) in [6.45, 7) is 19.1. The van der Waals surface area contributed by atoms with Crippen LogP contribution in [-0.2, 0) is 21.0 Å². The normalized spacial score (nSPS) is 20.8. The highest BCUT2D eigenvalue weighted by molar-refractivity contribution is 7.91. The molecule has 3 fully saturated rings. The second-order valence-corrected chi connectivity index (χ2v) is 19.8. The van der Waals surface area contributed by atoms with Crippen LogP contribution >= 0.6 is 0 Å². The molecule has 0 radical (unpaired) electrons. The highest BCUT2D eigenvalue weighted by Gasteiger charge is 2.34. The van der Waals surface area contributed by atoms with Crippen molar-refractivity contribution < 1.29 is 17.7 Å². The maximum atomic E-state index is 14.5. The highest BCUT2D eigenvalue weighted by atomic mass is 32.2. The number of benzene rings is 2. The van der Waals surface area contributed by atoms with Gasteiger partial charge in [-0.05, 0) is 119 Å². The predicted octanol–water partition coefficient (Wildman–Crippen LogP) is 6.08. The van der Waals surface area contributed by atoms with Crippen LogP contribution in [0.2, 0.25) is 0 Å². The first-order valence-electron chi connectivity index (χ1n) is 18.3. The van der Waals surface area contributed by atoms with Crippen LogP contribution in [0.25, 0.3) is 10.9 Å². The summed E-state index contributed by atoms with van der Waals surface area (Å²) in [5.41, 5.74) is 1.05. The summed E-state index contributed by atoms with van der Waals surface area (Å²) in [5.74, 6) is 0.639. The monoisotopic (exact) mass is 723 g/mol. The number of pyridine rings is 1. The zero-order valence-corrected chi connectivity index (χ0v) is 32.8. The Labute approximate surface area is 303 Å². The van der Waals surface area contributed by atoms with E-state index in [1.807, 2.05) is 18.2 Å². The van der Waals surface area contributed by atoms with Gasteiger partial charge in [0.1, 0.15) is 22.5 Å². The van der Waals surface area contributed by atoms with Gasteiger partial charge in [-0.3, -0.25) is 9.88 Å². The molecule has 1 aromatic heterocycles. The average molecular weight is 724 g/mol. The lowest BCUT2D eigenvalue weighted by molar-refractivity contribution is 0.0495. The van der Waals surface area contributed by atoms with E-state index in [0.717, 1.165) is 63.9 Å². The molecule has 3 aromatic rings. The van der Waals surface area contributed by atoms with Crippen LogP contribution in [0.4, 0.5) is 5.69 Å². The van der Waals surface area contributed by atoms with Crippen molar-refractivity contribution in [3.63, 3.8) is 0 Å². The van der Waals surface area contributed by atoms with Gasteiger partial charge in [-0.2, -0.15) is 0 Å². The van der Waals surface area contributed by atoms with Crippen LogP contribution < -0.4 is 9.64 Å². The second kappa shape index (κ2) is 14.9. The van der Waals surface area contributed by atoms with Gasteiger partial charge < -0.3 is 24.0 Å². The Bertz CT molecular complexity index is 1720. The molecule has 6 rings (SSSR count). The number of anilines is 1. The number of hydrogen-bond donors (Lipinski definition) is 0. The van der Waals surface area contributed by atoms with Crippen molar-refractivity contribution >= 4 is 37.6 Å². The molecule has 0 spiro atoms. The molecule has 0 bridgehead atoms. The van der Waals surface area contributed by atoms with Crippen molar-refractivity contribution in [1.29, 1.82) is 0 Å². The standard InChI is InChI=1S/C39H57N5O4S2/c1-38(2,3)28-39(4,5)48-31-8-11-33(12-9-31)50(46,47)36-27-40-35-13-10-32(49(7)45)26-34(35)37(36)44-20-16-29(17-21-44)42-18-14-30(15-19-42)43-24-22-41(6)23-25-43/h8-13,26-27,29-30H,14-25,28H2,1-7H3. The number of aromatic nitrogens is 1. The number of nitrogens with zero attached hydrogens (tertiary/aromatic N) is 5. The molecule has 50 heavy (non-hydrogen) atoms. The Hall–Kier alpha value is -2.41. The Morgan fingerprint density at radius 2 is 1.42 bits per heavy atom.